The first-order valence-electron chi connectivity index (χ1n) is 11.4. The fourth-order valence-corrected chi connectivity index (χ4v) is 5.77. The Hall–Kier alpha value is -2.38. The van der Waals surface area contributed by atoms with Gasteiger partial charge in [-0.2, -0.15) is 0 Å². The van der Waals surface area contributed by atoms with E-state index in [1.165, 1.54) is 4.31 Å². The molecule has 2 aromatic rings. The molecule has 0 spiro atoms. The lowest BCUT2D eigenvalue weighted by Gasteiger charge is -2.32. The number of carbonyl (C=O) groups is 1. The summed E-state index contributed by atoms with van der Waals surface area (Å²) in [6.07, 6.45) is 3.48. The third-order valence-electron chi connectivity index (χ3n) is 6.10. The van der Waals surface area contributed by atoms with Crippen molar-refractivity contribution >= 4 is 15.9 Å². The largest absolute Gasteiger partial charge is 0.497 e. The van der Waals surface area contributed by atoms with E-state index in [1.807, 2.05) is 61.5 Å². The molecular formula is C25H34N2O4S. The second-order valence-electron chi connectivity index (χ2n) is 8.34. The summed E-state index contributed by atoms with van der Waals surface area (Å²) < 4.78 is 32.5. The number of aryl methyl sites for hydroxylation is 1. The van der Waals surface area contributed by atoms with Crippen LogP contribution in [0.4, 0.5) is 0 Å². The second kappa shape index (κ2) is 11.5. The summed E-state index contributed by atoms with van der Waals surface area (Å²) in [6.45, 7) is 2.78. The molecule has 0 aliphatic carbocycles. The SMILES string of the molecule is CCC(NC(=O)C1CCCN(S(=O)(=O)CCCc2ccccc2)C1)c1ccc(OC)cc1. The molecule has 32 heavy (non-hydrogen) atoms. The molecule has 2 unspecified atom stereocenters. The molecule has 1 fully saturated rings. The maximum absolute atomic E-state index is 13.0. The summed E-state index contributed by atoms with van der Waals surface area (Å²) in [5.41, 5.74) is 2.16. The minimum Gasteiger partial charge on any atom is -0.497 e. The predicted molar refractivity (Wildman–Crippen MR) is 127 cm³/mol. The zero-order valence-corrected chi connectivity index (χ0v) is 19.8. The zero-order valence-electron chi connectivity index (χ0n) is 19.0. The standard InChI is InChI=1S/C25H34N2O4S/c1-3-24(21-13-15-23(31-2)16-14-21)26-25(28)22-12-7-17-27(19-22)32(29,30)18-8-11-20-9-5-4-6-10-20/h4-6,9-10,13-16,22,24H,3,7-8,11-12,17-19H2,1-2H3,(H,26,28). The van der Waals surface area contributed by atoms with E-state index in [9.17, 15) is 13.2 Å². The molecule has 1 aliphatic heterocycles. The molecule has 1 heterocycles. The van der Waals surface area contributed by atoms with Crippen LogP contribution >= 0.6 is 0 Å². The van der Waals surface area contributed by atoms with Gasteiger partial charge in [-0.15, -0.1) is 0 Å². The lowest BCUT2D eigenvalue weighted by atomic mass is 9.97. The first-order chi connectivity index (χ1) is 15.4. The molecule has 1 amide bonds. The number of sulfonamides is 1. The van der Waals surface area contributed by atoms with Crippen molar-refractivity contribution in [2.24, 2.45) is 5.92 Å². The van der Waals surface area contributed by atoms with Gasteiger partial charge in [0.1, 0.15) is 5.75 Å². The highest BCUT2D eigenvalue weighted by Gasteiger charge is 2.32. The highest BCUT2D eigenvalue weighted by Crippen LogP contribution is 2.24. The normalized spacial score (nSPS) is 18.1. The maximum atomic E-state index is 13.0. The smallest absolute Gasteiger partial charge is 0.224 e. The fraction of sp³-hybridized carbons (Fsp3) is 0.480. The summed E-state index contributed by atoms with van der Waals surface area (Å²) in [5.74, 6) is 0.492. The molecular weight excluding hydrogens is 424 g/mol. The molecule has 6 nitrogen and oxygen atoms in total. The van der Waals surface area contributed by atoms with Crippen molar-refractivity contribution in [1.29, 1.82) is 0 Å². The van der Waals surface area contributed by atoms with Gasteiger partial charge >= 0.3 is 0 Å². The number of nitrogens with zero attached hydrogens (tertiary/aromatic N) is 1. The Labute approximate surface area is 192 Å². The Bertz CT molecular complexity index is 961. The van der Waals surface area contributed by atoms with Crippen LogP contribution in [0.25, 0.3) is 0 Å². The molecule has 7 heteroatoms. The molecule has 2 atom stereocenters. The Kier molecular flexibility index (Phi) is 8.70. The van der Waals surface area contributed by atoms with E-state index >= 15 is 0 Å². The topological polar surface area (TPSA) is 75.7 Å². The van der Waals surface area contributed by atoms with Crippen molar-refractivity contribution < 1.29 is 17.9 Å². The molecule has 1 aliphatic rings. The Morgan fingerprint density at radius 1 is 1.16 bits per heavy atom. The summed E-state index contributed by atoms with van der Waals surface area (Å²) >= 11 is 0. The number of hydrogen-bond acceptors (Lipinski definition) is 4. The number of piperidine rings is 1. The number of methoxy groups -OCH3 is 1. The highest BCUT2D eigenvalue weighted by atomic mass is 32.2. The van der Waals surface area contributed by atoms with Crippen LogP contribution in [0.5, 0.6) is 5.75 Å². The van der Waals surface area contributed by atoms with E-state index in [2.05, 4.69) is 5.32 Å². The van der Waals surface area contributed by atoms with E-state index in [4.69, 9.17) is 4.74 Å². The van der Waals surface area contributed by atoms with E-state index in [0.717, 1.165) is 29.7 Å². The average molecular weight is 459 g/mol. The second-order valence-corrected chi connectivity index (χ2v) is 10.4. The molecule has 0 aromatic heterocycles. The van der Waals surface area contributed by atoms with Gasteiger partial charge in [-0.3, -0.25) is 4.79 Å². The lowest BCUT2D eigenvalue weighted by Crippen LogP contribution is -2.46. The van der Waals surface area contributed by atoms with Crippen molar-refractivity contribution in [3.05, 3.63) is 65.7 Å². The van der Waals surface area contributed by atoms with Gasteiger partial charge in [0.2, 0.25) is 15.9 Å². The summed E-state index contributed by atoms with van der Waals surface area (Å²) in [7, 11) is -1.75. The van der Waals surface area contributed by atoms with E-state index in [-0.39, 0.29) is 30.2 Å². The number of ether oxygens (including phenoxy) is 1. The molecule has 0 bridgehead atoms. The monoisotopic (exact) mass is 458 g/mol. The van der Waals surface area contributed by atoms with Gasteiger partial charge in [0.15, 0.2) is 0 Å². The van der Waals surface area contributed by atoms with Gasteiger partial charge in [0.25, 0.3) is 0 Å². The van der Waals surface area contributed by atoms with Crippen molar-refractivity contribution in [1.82, 2.24) is 9.62 Å². The minimum absolute atomic E-state index is 0.0724. The van der Waals surface area contributed by atoms with Gasteiger partial charge in [0, 0.05) is 13.1 Å². The zero-order chi connectivity index (χ0) is 23.0. The van der Waals surface area contributed by atoms with Gasteiger partial charge in [-0.25, -0.2) is 12.7 Å². The first-order valence-corrected chi connectivity index (χ1v) is 13.0. The summed E-state index contributed by atoms with van der Waals surface area (Å²) in [5, 5.41) is 3.13. The van der Waals surface area contributed by atoms with Crippen molar-refractivity contribution in [2.75, 3.05) is 26.0 Å². The van der Waals surface area contributed by atoms with Crippen LogP contribution in [-0.2, 0) is 21.2 Å². The minimum atomic E-state index is -3.37. The number of carbonyl (C=O) groups excluding carboxylic acids is 1. The van der Waals surface area contributed by atoms with Crippen LogP contribution in [0.2, 0.25) is 0 Å². The highest BCUT2D eigenvalue weighted by molar-refractivity contribution is 7.89. The van der Waals surface area contributed by atoms with Gasteiger partial charge in [-0.05, 0) is 55.4 Å². The molecule has 3 rings (SSSR count). The van der Waals surface area contributed by atoms with Crippen LogP contribution < -0.4 is 10.1 Å². The quantitative estimate of drug-likeness (QED) is 0.585. The van der Waals surface area contributed by atoms with Crippen LogP contribution in [0, 0.1) is 5.92 Å². The van der Waals surface area contributed by atoms with E-state index in [0.29, 0.717) is 25.8 Å². The average Bonchev–Trinajstić information content (AvgIpc) is 2.83. The summed E-state index contributed by atoms with van der Waals surface area (Å²) in [6, 6.07) is 17.5. The number of amides is 1. The molecule has 2 aromatic carbocycles. The Morgan fingerprint density at radius 2 is 1.88 bits per heavy atom. The number of hydrogen-bond donors (Lipinski definition) is 1. The lowest BCUT2D eigenvalue weighted by molar-refractivity contribution is -0.126. The maximum Gasteiger partial charge on any atom is 0.224 e. The first kappa shape index (κ1) is 24.3. The van der Waals surface area contributed by atoms with Gasteiger partial charge < -0.3 is 10.1 Å². The Balaban J connectivity index is 1.55. The van der Waals surface area contributed by atoms with Crippen LogP contribution in [-0.4, -0.2) is 44.6 Å². The van der Waals surface area contributed by atoms with Crippen LogP contribution in [0.15, 0.2) is 54.6 Å². The van der Waals surface area contributed by atoms with E-state index < -0.39 is 10.0 Å². The summed E-state index contributed by atoms with van der Waals surface area (Å²) in [4.78, 5) is 13.0. The number of rotatable bonds is 10. The van der Waals surface area contributed by atoms with E-state index in [1.54, 1.807) is 7.11 Å². The van der Waals surface area contributed by atoms with Gasteiger partial charge in [0.05, 0.1) is 24.8 Å². The van der Waals surface area contributed by atoms with Crippen molar-refractivity contribution in [3.63, 3.8) is 0 Å². The number of benzene rings is 2. The number of nitrogens with one attached hydrogen (secondary N) is 1. The molecule has 1 N–H and O–H groups in total. The molecule has 174 valence electrons. The van der Waals surface area contributed by atoms with Crippen LogP contribution in [0.1, 0.15) is 49.8 Å². The molecule has 1 saturated heterocycles. The van der Waals surface area contributed by atoms with Crippen molar-refractivity contribution in [2.45, 2.75) is 45.1 Å². The van der Waals surface area contributed by atoms with Gasteiger partial charge in [-0.1, -0.05) is 49.4 Å². The van der Waals surface area contributed by atoms with Crippen LogP contribution in [0.3, 0.4) is 0 Å². The Morgan fingerprint density at radius 3 is 2.53 bits per heavy atom. The third kappa shape index (κ3) is 6.56. The molecule has 0 radical (unpaired) electrons. The predicted octanol–water partition coefficient (Wildman–Crippen LogP) is 3.94. The fourth-order valence-electron chi connectivity index (χ4n) is 4.19. The van der Waals surface area contributed by atoms with Crippen molar-refractivity contribution in [3.8, 4) is 5.75 Å². The molecule has 0 saturated carbocycles. The third-order valence-corrected chi connectivity index (χ3v) is 8.02.